The Bertz CT molecular complexity index is 1070. The number of aromatic amines is 1. The number of carbonyl (C=O) groups is 1. The molecule has 0 saturated carbocycles. The number of rotatable bonds is 2. The Morgan fingerprint density at radius 2 is 1.48 bits per heavy atom. The molecule has 4 rings (SSSR count). The number of likely N-dealkylation sites (tertiary alicyclic amines) is 1. The van der Waals surface area contributed by atoms with Crippen molar-refractivity contribution >= 4 is 16.8 Å². The predicted molar refractivity (Wildman–Crippen MR) is 103 cm³/mol. The maximum Gasteiger partial charge on any atom is 0.416 e. The van der Waals surface area contributed by atoms with E-state index in [1.54, 1.807) is 0 Å². The first-order valence-corrected chi connectivity index (χ1v) is 9.69. The number of amides is 1. The van der Waals surface area contributed by atoms with Gasteiger partial charge in [0.1, 0.15) is 0 Å². The number of hydrogen-bond acceptors (Lipinski definition) is 1. The number of alkyl halides is 6. The van der Waals surface area contributed by atoms with Crippen molar-refractivity contribution in [2.75, 3.05) is 13.1 Å². The standard InChI is InChI=1S/C22H18F6N2O/c23-21(24,25)15-9-14(10-16(11-15)22(26,27)28)20(31)30-7-5-13(6-8-30)18-12-29-19-4-2-1-3-17(18)19/h1-4,9-13,29H,5-8H2. The molecule has 0 atom stereocenters. The molecule has 1 saturated heterocycles. The topological polar surface area (TPSA) is 36.1 Å². The van der Waals surface area contributed by atoms with Gasteiger partial charge in [-0.3, -0.25) is 4.79 Å². The highest BCUT2D eigenvalue weighted by Gasteiger charge is 2.38. The number of H-pyrrole nitrogens is 1. The van der Waals surface area contributed by atoms with Gasteiger partial charge in [-0.1, -0.05) is 18.2 Å². The van der Waals surface area contributed by atoms with Gasteiger partial charge in [0, 0.05) is 35.8 Å². The second-order valence-electron chi connectivity index (χ2n) is 7.65. The molecule has 0 spiro atoms. The van der Waals surface area contributed by atoms with Crippen LogP contribution in [0.2, 0.25) is 0 Å². The van der Waals surface area contributed by atoms with E-state index in [0.717, 1.165) is 16.5 Å². The van der Waals surface area contributed by atoms with Crippen molar-refractivity contribution in [1.82, 2.24) is 9.88 Å². The van der Waals surface area contributed by atoms with E-state index in [0.29, 0.717) is 25.0 Å². The molecule has 9 heteroatoms. The van der Waals surface area contributed by atoms with Crippen LogP contribution in [0.15, 0.2) is 48.7 Å². The fourth-order valence-corrected chi connectivity index (χ4v) is 4.09. The van der Waals surface area contributed by atoms with Gasteiger partial charge in [-0.05, 0) is 48.6 Å². The van der Waals surface area contributed by atoms with E-state index in [2.05, 4.69) is 4.98 Å². The monoisotopic (exact) mass is 440 g/mol. The van der Waals surface area contributed by atoms with Gasteiger partial charge < -0.3 is 9.88 Å². The lowest BCUT2D eigenvalue weighted by atomic mass is 9.89. The van der Waals surface area contributed by atoms with E-state index >= 15 is 0 Å². The summed E-state index contributed by atoms with van der Waals surface area (Å²) in [5.74, 6) is -0.679. The Hall–Kier alpha value is -2.97. The minimum Gasteiger partial charge on any atom is -0.361 e. The van der Waals surface area contributed by atoms with E-state index < -0.39 is 35.0 Å². The molecule has 1 aliphatic heterocycles. The highest BCUT2D eigenvalue weighted by atomic mass is 19.4. The van der Waals surface area contributed by atoms with Gasteiger partial charge in [0.25, 0.3) is 5.91 Å². The summed E-state index contributed by atoms with van der Waals surface area (Å²) in [6.45, 7) is 0.501. The van der Waals surface area contributed by atoms with Gasteiger partial charge in [-0.25, -0.2) is 0 Å². The summed E-state index contributed by atoms with van der Waals surface area (Å²) >= 11 is 0. The number of halogens is 6. The highest BCUT2D eigenvalue weighted by molar-refractivity contribution is 5.95. The Kier molecular flexibility index (Phi) is 5.23. The van der Waals surface area contributed by atoms with Crippen molar-refractivity contribution in [1.29, 1.82) is 0 Å². The molecule has 0 aliphatic carbocycles. The molecule has 0 bridgehead atoms. The van der Waals surface area contributed by atoms with Crippen LogP contribution < -0.4 is 0 Å². The van der Waals surface area contributed by atoms with Crippen LogP contribution in [0.5, 0.6) is 0 Å². The molecule has 2 heterocycles. The quantitative estimate of drug-likeness (QED) is 0.472. The molecule has 1 aromatic heterocycles. The zero-order chi connectivity index (χ0) is 22.4. The molecule has 3 aromatic rings. The lowest BCUT2D eigenvalue weighted by Gasteiger charge is -2.32. The third kappa shape index (κ3) is 4.26. The van der Waals surface area contributed by atoms with Gasteiger partial charge in [-0.15, -0.1) is 0 Å². The third-order valence-corrected chi connectivity index (χ3v) is 5.68. The largest absolute Gasteiger partial charge is 0.416 e. The summed E-state index contributed by atoms with van der Waals surface area (Å²) < 4.78 is 78.5. The SMILES string of the molecule is O=C(c1cc(C(F)(F)F)cc(C(F)(F)F)c1)N1CCC(c2c[nH]c3ccccc23)CC1. The normalized spacial score (nSPS) is 16.1. The first kappa shape index (κ1) is 21.3. The maximum atomic E-state index is 13.1. The van der Waals surface area contributed by atoms with Crippen LogP contribution in [0, 0.1) is 0 Å². The Morgan fingerprint density at radius 3 is 2.06 bits per heavy atom. The lowest BCUT2D eigenvalue weighted by Crippen LogP contribution is -2.38. The fraction of sp³-hybridized carbons (Fsp3) is 0.318. The van der Waals surface area contributed by atoms with Crippen LogP contribution >= 0.6 is 0 Å². The molecule has 1 amide bonds. The number of hydrogen-bond donors (Lipinski definition) is 1. The second kappa shape index (κ2) is 7.62. The molecule has 3 nitrogen and oxygen atoms in total. The van der Waals surface area contributed by atoms with Crippen LogP contribution in [-0.2, 0) is 12.4 Å². The fourth-order valence-electron chi connectivity index (χ4n) is 4.09. The minimum atomic E-state index is -4.99. The summed E-state index contributed by atoms with van der Waals surface area (Å²) in [6, 6.07) is 8.77. The Labute approximate surface area is 173 Å². The van der Waals surface area contributed by atoms with E-state index in [4.69, 9.17) is 0 Å². The van der Waals surface area contributed by atoms with E-state index in [1.165, 1.54) is 4.90 Å². The van der Waals surface area contributed by atoms with Gasteiger partial charge >= 0.3 is 12.4 Å². The van der Waals surface area contributed by atoms with Gasteiger partial charge in [0.15, 0.2) is 0 Å². The van der Waals surface area contributed by atoms with Crippen LogP contribution in [0.1, 0.15) is 45.8 Å². The molecule has 0 unspecified atom stereocenters. The number of para-hydroxylation sites is 1. The summed E-state index contributed by atoms with van der Waals surface area (Å²) in [4.78, 5) is 17.3. The number of piperidine rings is 1. The van der Waals surface area contributed by atoms with E-state index in [9.17, 15) is 31.1 Å². The number of nitrogens with zero attached hydrogens (tertiary/aromatic N) is 1. The van der Waals surface area contributed by atoms with Crippen LogP contribution in [0.25, 0.3) is 10.9 Å². The van der Waals surface area contributed by atoms with Crippen molar-refractivity contribution < 1.29 is 31.1 Å². The second-order valence-corrected chi connectivity index (χ2v) is 7.65. The van der Waals surface area contributed by atoms with Crippen molar-refractivity contribution in [3.8, 4) is 0 Å². The average molecular weight is 440 g/mol. The van der Waals surface area contributed by atoms with Crippen molar-refractivity contribution in [3.05, 3.63) is 70.9 Å². The predicted octanol–water partition coefficient (Wildman–Crippen LogP) is 6.23. The van der Waals surface area contributed by atoms with Crippen molar-refractivity contribution in [3.63, 3.8) is 0 Å². The molecule has 1 N–H and O–H groups in total. The molecule has 1 fully saturated rings. The number of fused-ring (bicyclic) bond motifs is 1. The zero-order valence-electron chi connectivity index (χ0n) is 16.1. The van der Waals surface area contributed by atoms with E-state index in [-0.39, 0.29) is 25.1 Å². The van der Waals surface area contributed by atoms with Crippen LogP contribution in [0.3, 0.4) is 0 Å². The summed E-state index contributed by atoms with van der Waals surface area (Å²) in [5.41, 5.74) is -1.49. The number of carbonyl (C=O) groups excluding carboxylic acids is 1. The highest BCUT2D eigenvalue weighted by Crippen LogP contribution is 2.37. The van der Waals surface area contributed by atoms with Gasteiger partial charge in [0.05, 0.1) is 11.1 Å². The van der Waals surface area contributed by atoms with Gasteiger partial charge in [0.2, 0.25) is 0 Å². The van der Waals surface area contributed by atoms with E-state index in [1.807, 2.05) is 30.5 Å². The first-order chi connectivity index (χ1) is 14.5. The molecule has 2 aromatic carbocycles. The van der Waals surface area contributed by atoms with Crippen molar-refractivity contribution in [2.24, 2.45) is 0 Å². The summed E-state index contributed by atoms with van der Waals surface area (Å²) in [7, 11) is 0. The maximum absolute atomic E-state index is 13.1. The van der Waals surface area contributed by atoms with Gasteiger partial charge in [-0.2, -0.15) is 26.3 Å². The molecule has 0 radical (unpaired) electrons. The molecular formula is C22H18F6N2O. The molecule has 164 valence electrons. The first-order valence-electron chi connectivity index (χ1n) is 9.69. The summed E-state index contributed by atoms with van der Waals surface area (Å²) in [5, 5.41) is 1.07. The summed E-state index contributed by atoms with van der Waals surface area (Å²) in [6.07, 6.45) is -6.93. The Balaban J connectivity index is 1.54. The van der Waals surface area contributed by atoms with Crippen LogP contribution in [-0.4, -0.2) is 28.9 Å². The molecular weight excluding hydrogens is 422 g/mol. The molecule has 31 heavy (non-hydrogen) atoms. The van der Waals surface area contributed by atoms with Crippen LogP contribution in [0.4, 0.5) is 26.3 Å². The lowest BCUT2D eigenvalue weighted by molar-refractivity contribution is -0.143. The average Bonchev–Trinajstić information content (AvgIpc) is 3.16. The molecule has 1 aliphatic rings. The number of benzene rings is 2. The number of nitrogens with one attached hydrogen (secondary N) is 1. The van der Waals surface area contributed by atoms with Crippen molar-refractivity contribution in [2.45, 2.75) is 31.1 Å². The minimum absolute atomic E-state index is 0.0278. The smallest absolute Gasteiger partial charge is 0.361 e. The number of aromatic nitrogens is 1. The Morgan fingerprint density at radius 1 is 0.903 bits per heavy atom. The third-order valence-electron chi connectivity index (χ3n) is 5.68. The zero-order valence-corrected chi connectivity index (χ0v) is 16.1.